The van der Waals surface area contributed by atoms with Gasteiger partial charge in [0.15, 0.2) is 11.6 Å². The molecular weight excluding hydrogens is 331 g/mol. The molecule has 1 saturated heterocycles. The van der Waals surface area contributed by atoms with Crippen LogP contribution in [0.1, 0.15) is 28.4 Å². The van der Waals surface area contributed by atoms with Crippen LogP contribution in [0, 0.1) is 11.7 Å². The molecule has 1 amide bonds. The van der Waals surface area contributed by atoms with Crippen LogP contribution in [0.3, 0.4) is 0 Å². The molecule has 25 heavy (non-hydrogen) atoms. The summed E-state index contributed by atoms with van der Waals surface area (Å²) in [5.74, 6) is -2.38. The van der Waals surface area contributed by atoms with Crippen LogP contribution in [0.25, 0.3) is 0 Å². The number of methoxy groups -OCH3 is 1. The first kappa shape index (κ1) is 16.9. The topological polar surface area (TPSA) is 108 Å². The highest BCUT2D eigenvalue weighted by molar-refractivity contribution is 5.94. The lowest BCUT2D eigenvalue weighted by molar-refractivity contribution is -0.138. The Kier molecular flexibility index (Phi) is 4.64. The Morgan fingerprint density at radius 1 is 1.44 bits per heavy atom. The largest absolute Gasteiger partial charge is 0.494 e. The second-order valence-corrected chi connectivity index (χ2v) is 5.92. The maximum absolute atomic E-state index is 13.9. The number of hydrogen-bond donors (Lipinski definition) is 2. The van der Waals surface area contributed by atoms with Crippen LogP contribution in [0.4, 0.5) is 4.39 Å². The zero-order valence-electron chi connectivity index (χ0n) is 13.5. The number of carboxylic acids is 1. The predicted octanol–water partition coefficient (Wildman–Crippen LogP) is 1.28. The quantitative estimate of drug-likeness (QED) is 0.843. The summed E-state index contributed by atoms with van der Waals surface area (Å²) in [6, 6.07) is 4.00. The van der Waals surface area contributed by atoms with E-state index in [1.54, 1.807) is 0 Å². The van der Waals surface area contributed by atoms with Crippen molar-refractivity contribution < 1.29 is 23.8 Å². The van der Waals surface area contributed by atoms with Gasteiger partial charge in [-0.2, -0.15) is 15.4 Å². The number of H-pyrrole nitrogens is 1. The van der Waals surface area contributed by atoms with Crippen molar-refractivity contribution in [3.63, 3.8) is 0 Å². The number of nitrogens with zero attached hydrogens (tertiary/aromatic N) is 3. The van der Waals surface area contributed by atoms with Crippen LogP contribution in [0.5, 0.6) is 5.75 Å². The van der Waals surface area contributed by atoms with Gasteiger partial charge in [-0.25, -0.2) is 4.39 Å². The SMILES string of the molecule is COc1ccc(C(=O)N2CC(CC(=O)O)C(c3cn[nH]n3)C2)cc1F. The van der Waals surface area contributed by atoms with Crippen molar-refractivity contribution in [1.29, 1.82) is 0 Å². The van der Waals surface area contributed by atoms with Gasteiger partial charge in [-0.15, -0.1) is 0 Å². The van der Waals surface area contributed by atoms with E-state index in [4.69, 9.17) is 9.84 Å². The Bertz CT molecular complexity index is 780. The molecule has 0 spiro atoms. The van der Waals surface area contributed by atoms with Gasteiger partial charge >= 0.3 is 5.97 Å². The predicted molar refractivity (Wildman–Crippen MR) is 83.7 cm³/mol. The van der Waals surface area contributed by atoms with Crippen molar-refractivity contribution >= 4 is 11.9 Å². The van der Waals surface area contributed by atoms with Crippen LogP contribution >= 0.6 is 0 Å². The molecule has 1 aromatic heterocycles. The molecule has 2 atom stereocenters. The minimum atomic E-state index is -0.941. The number of rotatable bonds is 5. The number of aliphatic carboxylic acids is 1. The molecule has 3 rings (SSSR count). The molecule has 1 fully saturated rings. The van der Waals surface area contributed by atoms with Gasteiger partial charge < -0.3 is 14.7 Å². The molecule has 2 N–H and O–H groups in total. The first-order valence-corrected chi connectivity index (χ1v) is 7.70. The minimum Gasteiger partial charge on any atom is -0.494 e. The third-order valence-corrected chi connectivity index (χ3v) is 4.38. The number of carbonyl (C=O) groups excluding carboxylic acids is 1. The van der Waals surface area contributed by atoms with E-state index in [9.17, 15) is 14.0 Å². The molecule has 2 unspecified atom stereocenters. The van der Waals surface area contributed by atoms with E-state index in [1.807, 2.05) is 0 Å². The number of carbonyl (C=O) groups is 2. The Hall–Kier alpha value is -2.97. The maximum atomic E-state index is 13.9. The summed E-state index contributed by atoms with van der Waals surface area (Å²) >= 11 is 0. The van der Waals surface area contributed by atoms with Crippen molar-refractivity contribution in [1.82, 2.24) is 20.3 Å². The van der Waals surface area contributed by atoms with E-state index in [0.29, 0.717) is 12.2 Å². The smallest absolute Gasteiger partial charge is 0.303 e. The van der Waals surface area contributed by atoms with Crippen molar-refractivity contribution in [2.24, 2.45) is 5.92 Å². The number of aromatic amines is 1. The highest BCUT2D eigenvalue weighted by Crippen LogP contribution is 2.34. The molecule has 8 nitrogen and oxygen atoms in total. The number of halogens is 1. The molecule has 0 bridgehead atoms. The second-order valence-electron chi connectivity index (χ2n) is 5.92. The number of ether oxygens (including phenoxy) is 1. The molecule has 0 aliphatic carbocycles. The van der Waals surface area contributed by atoms with E-state index < -0.39 is 11.8 Å². The van der Waals surface area contributed by atoms with E-state index >= 15 is 0 Å². The molecule has 1 aliphatic rings. The van der Waals surface area contributed by atoms with Gasteiger partial charge in [-0.1, -0.05) is 0 Å². The number of aromatic nitrogens is 3. The average Bonchev–Trinajstić information content (AvgIpc) is 3.23. The van der Waals surface area contributed by atoms with Gasteiger partial charge in [-0.3, -0.25) is 9.59 Å². The van der Waals surface area contributed by atoms with Crippen molar-refractivity contribution in [3.8, 4) is 5.75 Å². The van der Waals surface area contributed by atoms with Crippen LogP contribution in [-0.4, -0.2) is 57.5 Å². The second kappa shape index (κ2) is 6.88. The Balaban J connectivity index is 1.81. The molecular formula is C16H17FN4O4. The summed E-state index contributed by atoms with van der Waals surface area (Å²) in [7, 11) is 1.35. The number of hydrogen-bond acceptors (Lipinski definition) is 5. The lowest BCUT2D eigenvalue weighted by Crippen LogP contribution is -2.29. The third-order valence-electron chi connectivity index (χ3n) is 4.38. The van der Waals surface area contributed by atoms with Crippen LogP contribution < -0.4 is 4.74 Å². The van der Waals surface area contributed by atoms with E-state index in [2.05, 4.69) is 15.4 Å². The van der Waals surface area contributed by atoms with Gasteiger partial charge in [-0.05, 0) is 24.1 Å². The fourth-order valence-corrected chi connectivity index (χ4v) is 3.17. The highest BCUT2D eigenvalue weighted by atomic mass is 19.1. The van der Waals surface area contributed by atoms with E-state index in [-0.39, 0.29) is 42.0 Å². The molecule has 2 aromatic rings. The summed E-state index contributed by atoms with van der Waals surface area (Å²) in [5.41, 5.74) is 0.802. The number of amides is 1. The zero-order valence-corrected chi connectivity index (χ0v) is 13.5. The Morgan fingerprint density at radius 3 is 2.84 bits per heavy atom. The summed E-state index contributed by atoms with van der Waals surface area (Å²) < 4.78 is 18.7. The molecule has 1 aromatic carbocycles. The van der Waals surface area contributed by atoms with Crippen LogP contribution in [0.2, 0.25) is 0 Å². The summed E-state index contributed by atoms with van der Waals surface area (Å²) in [4.78, 5) is 25.3. The van der Waals surface area contributed by atoms with Gasteiger partial charge in [0.05, 0.1) is 25.4 Å². The Morgan fingerprint density at radius 2 is 2.24 bits per heavy atom. The first-order chi connectivity index (χ1) is 12.0. The zero-order chi connectivity index (χ0) is 18.0. The third kappa shape index (κ3) is 3.44. The molecule has 0 radical (unpaired) electrons. The highest BCUT2D eigenvalue weighted by Gasteiger charge is 2.39. The van der Waals surface area contributed by atoms with Gasteiger partial charge in [0.2, 0.25) is 0 Å². The van der Waals surface area contributed by atoms with E-state index in [0.717, 1.165) is 6.07 Å². The summed E-state index contributed by atoms with van der Waals surface area (Å²) in [6.45, 7) is 0.563. The lowest BCUT2D eigenvalue weighted by atomic mass is 9.91. The van der Waals surface area contributed by atoms with Gasteiger partial charge in [0.1, 0.15) is 0 Å². The van der Waals surface area contributed by atoms with Crippen LogP contribution in [0.15, 0.2) is 24.4 Å². The standard InChI is InChI=1S/C16H17FN4O4/c1-25-14-3-2-9(4-12(14)17)16(24)21-7-10(5-15(22)23)11(8-21)13-6-18-20-19-13/h2-4,6,10-11H,5,7-8H2,1H3,(H,22,23)(H,18,19,20). The van der Waals surface area contributed by atoms with Gasteiger partial charge in [0.25, 0.3) is 5.91 Å². The van der Waals surface area contributed by atoms with Gasteiger partial charge in [0, 0.05) is 24.6 Å². The molecule has 1 aliphatic heterocycles. The normalized spacial score (nSPS) is 19.8. The summed E-state index contributed by atoms with van der Waals surface area (Å²) in [5, 5.41) is 19.4. The molecule has 2 heterocycles. The Labute approximate surface area is 142 Å². The summed E-state index contributed by atoms with van der Waals surface area (Å²) in [6.07, 6.45) is 1.44. The monoisotopic (exact) mass is 348 g/mol. The average molecular weight is 348 g/mol. The first-order valence-electron chi connectivity index (χ1n) is 7.70. The fraction of sp³-hybridized carbons (Fsp3) is 0.375. The fourth-order valence-electron chi connectivity index (χ4n) is 3.17. The number of likely N-dealkylation sites (tertiary alicyclic amines) is 1. The molecule has 0 saturated carbocycles. The number of nitrogens with one attached hydrogen (secondary N) is 1. The molecule has 132 valence electrons. The van der Waals surface area contributed by atoms with Crippen molar-refractivity contribution in [3.05, 3.63) is 41.5 Å². The maximum Gasteiger partial charge on any atom is 0.303 e. The molecule has 9 heteroatoms. The lowest BCUT2D eigenvalue weighted by Gasteiger charge is -2.16. The number of carboxylic acid groups (broad SMARTS) is 1. The van der Waals surface area contributed by atoms with E-state index in [1.165, 1.54) is 30.3 Å². The van der Waals surface area contributed by atoms with Crippen molar-refractivity contribution in [2.75, 3.05) is 20.2 Å². The van der Waals surface area contributed by atoms with Crippen molar-refractivity contribution in [2.45, 2.75) is 12.3 Å². The number of benzene rings is 1. The van der Waals surface area contributed by atoms with Crippen LogP contribution in [-0.2, 0) is 4.79 Å². The minimum absolute atomic E-state index is 0.0576.